The Morgan fingerprint density at radius 2 is 1.89 bits per heavy atom. The van der Waals surface area contributed by atoms with Crippen LogP contribution >= 0.6 is 0 Å². The third-order valence-corrected chi connectivity index (χ3v) is 2.61. The molecule has 0 aliphatic rings. The Bertz CT molecular complexity index is 435. The van der Waals surface area contributed by atoms with Crippen molar-refractivity contribution in [2.75, 3.05) is 6.61 Å². The van der Waals surface area contributed by atoms with E-state index in [1.807, 2.05) is 0 Å². The van der Waals surface area contributed by atoms with Crippen molar-refractivity contribution >= 4 is 5.97 Å². The van der Waals surface area contributed by atoms with E-state index < -0.39 is 29.8 Å². The van der Waals surface area contributed by atoms with E-state index in [9.17, 15) is 18.0 Å². The second-order valence-corrected chi connectivity index (χ2v) is 4.00. The molecule has 19 heavy (non-hydrogen) atoms. The van der Waals surface area contributed by atoms with Crippen LogP contribution < -0.4 is 0 Å². The summed E-state index contributed by atoms with van der Waals surface area (Å²) in [4.78, 5) is 10.7. The molecular weight excluding hydrogens is 257 g/mol. The lowest BCUT2D eigenvalue weighted by molar-refractivity contribution is -0.137. The predicted octanol–water partition coefficient (Wildman–Crippen LogP) is 3.49. The van der Waals surface area contributed by atoms with E-state index in [1.54, 1.807) is 0 Å². The quantitative estimate of drug-likeness (QED) is 0.431. The molecule has 0 atom stereocenters. The molecule has 5 heteroatoms. The zero-order valence-corrected chi connectivity index (χ0v) is 10.4. The summed E-state index contributed by atoms with van der Waals surface area (Å²) >= 11 is 0. The number of esters is 1. The second kappa shape index (κ2) is 7.61. The molecule has 0 aliphatic carbocycles. The zero-order chi connectivity index (χ0) is 14.3. The van der Waals surface area contributed by atoms with E-state index >= 15 is 0 Å². The van der Waals surface area contributed by atoms with E-state index in [0.717, 1.165) is 18.2 Å². The van der Waals surface area contributed by atoms with Gasteiger partial charge in [0, 0.05) is 6.08 Å². The van der Waals surface area contributed by atoms with Gasteiger partial charge in [-0.1, -0.05) is 6.58 Å². The maximum Gasteiger partial charge on any atom is 0.330 e. The molecule has 1 aromatic rings. The minimum Gasteiger partial charge on any atom is -0.463 e. The number of carbonyl (C=O) groups excluding carboxylic acids is 1. The maximum atomic E-state index is 13.3. The Morgan fingerprint density at radius 3 is 2.42 bits per heavy atom. The number of carbonyl (C=O) groups is 1. The molecule has 0 radical (unpaired) electrons. The molecule has 1 rings (SSSR count). The van der Waals surface area contributed by atoms with E-state index in [2.05, 4.69) is 6.58 Å². The molecule has 0 bridgehead atoms. The van der Waals surface area contributed by atoms with Crippen LogP contribution in [0.5, 0.6) is 0 Å². The Kier molecular flexibility index (Phi) is 6.12. The molecule has 0 aromatic heterocycles. The van der Waals surface area contributed by atoms with E-state index in [1.165, 1.54) is 0 Å². The Hall–Kier alpha value is -1.78. The second-order valence-electron chi connectivity index (χ2n) is 4.00. The van der Waals surface area contributed by atoms with Crippen LogP contribution in [0.15, 0.2) is 24.8 Å². The number of hydrogen-bond acceptors (Lipinski definition) is 2. The standard InChI is InChI=1S/C14H15F3O2/c1-2-14(18)19-6-4-3-5-10-7-12(16)11(9-15)13(17)8-10/h2,7-8H,1,3-6,9H2. The molecule has 0 heterocycles. The molecule has 0 spiro atoms. The summed E-state index contributed by atoms with van der Waals surface area (Å²) in [6.45, 7) is 2.33. The van der Waals surface area contributed by atoms with Gasteiger partial charge in [-0.25, -0.2) is 18.0 Å². The average Bonchev–Trinajstić information content (AvgIpc) is 2.37. The van der Waals surface area contributed by atoms with Crippen LogP contribution in [0.2, 0.25) is 0 Å². The van der Waals surface area contributed by atoms with Gasteiger partial charge in [0.1, 0.15) is 18.3 Å². The van der Waals surface area contributed by atoms with E-state index in [0.29, 0.717) is 24.8 Å². The van der Waals surface area contributed by atoms with Gasteiger partial charge in [-0.05, 0) is 37.0 Å². The average molecular weight is 272 g/mol. The zero-order valence-electron chi connectivity index (χ0n) is 10.4. The van der Waals surface area contributed by atoms with Gasteiger partial charge in [-0.3, -0.25) is 0 Å². The smallest absolute Gasteiger partial charge is 0.330 e. The highest BCUT2D eigenvalue weighted by molar-refractivity contribution is 5.81. The molecule has 0 N–H and O–H groups in total. The summed E-state index contributed by atoms with van der Waals surface area (Å²) in [7, 11) is 0. The van der Waals surface area contributed by atoms with Crippen LogP contribution in [-0.4, -0.2) is 12.6 Å². The van der Waals surface area contributed by atoms with Crippen LogP contribution in [0.1, 0.15) is 24.0 Å². The van der Waals surface area contributed by atoms with Crippen LogP contribution in [0.3, 0.4) is 0 Å². The molecule has 0 unspecified atom stereocenters. The van der Waals surface area contributed by atoms with E-state index in [4.69, 9.17) is 4.74 Å². The number of alkyl halides is 1. The Balaban J connectivity index is 2.42. The number of hydrogen-bond donors (Lipinski definition) is 0. The molecular formula is C14H15F3O2. The largest absolute Gasteiger partial charge is 0.463 e. The lowest BCUT2D eigenvalue weighted by atomic mass is 10.1. The monoisotopic (exact) mass is 272 g/mol. The summed E-state index contributed by atoms with van der Waals surface area (Å²) in [6.07, 6.45) is 2.69. The molecule has 0 fully saturated rings. The van der Waals surface area contributed by atoms with Gasteiger partial charge in [0.15, 0.2) is 0 Å². The molecule has 0 saturated carbocycles. The highest BCUT2D eigenvalue weighted by Gasteiger charge is 2.10. The molecule has 0 saturated heterocycles. The van der Waals surface area contributed by atoms with Gasteiger partial charge < -0.3 is 4.74 Å². The fourth-order valence-electron chi connectivity index (χ4n) is 1.59. The fraction of sp³-hybridized carbons (Fsp3) is 0.357. The number of ether oxygens (including phenoxy) is 1. The van der Waals surface area contributed by atoms with Crippen molar-refractivity contribution in [3.63, 3.8) is 0 Å². The summed E-state index contributed by atoms with van der Waals surface area (Å²) < 4.78 is 43.6. The Labute approximate surface area is 109 Å². The number of benzene rings is 1. The number of rotatable bonds is 7. The first kappa shape index (κ1) is 15.3. The van der Waals surface area contributed by atoms with Gasteiger partial charge in [0.05, 0.1) is 12.2 Å². The minimum absolute atomic E-state index is 0.235. The summed E-state index contributed by atoms with van der Waals surface area (Å²) in [5.41, 5.74) is -0.0779. The molecule has 1 aromatic carbocycles. The van der Waals surface area contributed by atoms with Crippen LogP contribution in [0.25, 0.3) is 0 Å². The third kappa shape index (κ3) is 4.77. The van der Waals surface area contributed by atoms with Crippen molar-refractivity contribution in [1.29, 1.82) is 0 Å². The fourth-order valence-corrected chi connectivity index (χ4v) is 1.59. The first-order valence-corrected chi connectivity index (χ1v) is 5.90. The molecule has 2 nitrogen and oxygen atoms in total. The minimum atomic E-state index is -1.16. The van der Waals surface area contributed by atoms with Gasteiger partial charge >= 0.3 is 5.97 Å². The van der Waals surface area contributed by atoms with Gasteiger partial charge in [-0.15, -0.1) is 0 Å². The highest BCUT2D eigenvalue weighted by Crippen LogP contribution is 2.18. The number of unbranched alkanes of at least 4 members (excludes halogenated alkanes) is 1. The van der Waals surface area contributed by atoms with Crippen molar-refractivity contribution in [3.8, 4) is 0 Å². The predicted molar refractivity (Wildman–Crippen MR) is 65.3 cm³/mol. The van der Waals surface area contributed by atoms with Crippen LogP contribution in [0, 0.1) is 11.6 Å². The van der Waals surface area contributed by atoms with Gasteiger partial charge in [0.25, 0.3) is 0 Å². The van der Waals surface area contributed by atoms with E-state index in [-0.39, 0.29) is 6.61 Å². The first-order valence-electron chi connectivity index (χ1n) is 5.90. The van der Waals surface area contributed by atoms with Crippen LogP contribution in [0.4, 0.5) is 13.2 Å². The summed E-state index contributed by atoms with van der Waals surface area (Å²) in [5.74, 6) is -2.23. The Morgan fingerprint density at radius 1 is 1.26 bits per heavy atom. The molecule has 0 amide bonds. The topological polar surface area (TPSA) is 26.3 Å². The third-order valence-electron chi connectivity index (χ3n) is 2.61. The first-order chi connectivity index (χ1) is 9.08. The SMILES string of the molecule is C=CC(=O)OCCCCc1cc(F)c(CF)c(F)c1. The number of halogens is 3. The lowest BCUT2D eigenvalue weighted by Gasteiger charge is -2.06. The maximum absolute atomic E-state index is 13.3. The van der Waals surface area contributed by atoms with Crippen LogP contribution in [-0.2, 0) is 22.6 Å². The lowest BCUT2D eigenvalue weighted by Crippen LogP contribution is -2.02. The van der Waals surface area contributed by atoms with Crippen molar-refractivity contribution in [3.05, 3.63) is 47.5 Å². The highest BCUT2D eigenvalue weighted by atomic mass is 19.1. The van der Waals surface area contributed by atoms with Gasteiger partial charge in [0.2, 0.25) is 0 Å². The summed E-state index contributed by atoms with van der Waals surface area (Å²) in [6, 6.07) is 2.27. The van der Waals surface area contributed by atoms with Crippen molar-refractivity contribution in [2.24, 2.45) is 0 Å². The summed E-state index contributed by atoms with van der Waals surface area (Å²) in [5, 5.41) is 0. The number of aryl methyl sites for hydroxylation is 1. The normalized spacial score (nSPS) is 10.3. The van der Waals surface area contributed by atoms with Crippen molar-refractivity contribution in [2.45, 2.75) is 25.9 Å². The van der Waals surface area contributed by atoms with Gasteiger partial charge in [-0.2, -0.15) is 0 Å². The van der Waals surface area contributed by atoms with Crippen molar-refractivity contribution < 1.29 is 22.7 Å². The van der Waals surface area contributed by atoms with Crippen molar-refractivity contribution in [1.82, 2.24) is 0 Å². The molecule has 0 aliphatic heterocycles. The molecule has 104 valence electrons.